The first-order chi connectivity index (χ1) is 16.5. The molecule has 192 valence electrons. The summed E-state index contributed by atoms with van der Waals surface area (Å²) < 4.78 is 0.734. The van der Waals surface area contributed by atoms with Gasteiger partial charge in [-0.25, -0.2) is 0 Å². The van der Waals surface area contributed by atoms with Crippen molar-refractivity contribution in [2.24, 2.45) is 11.7 Å². The van der Waals surface area contributed by atoms with Gasteiger partial charge >= 0.3 is 24.5 Å². The summed E-state index contributed by atoms with van der Waals surface area (Å²) in [7, 11) is -0.877. The van der Waals surface area contributed by atoms with Gasteiger partial charge in [0.2, 0.25) is 0 Å². The normalized spacial score (nSPS) is 9.14. The van der Waals surface area contributed by atoms with E-state index in [0.29, 0.717) is 11.4 Å². The Morgan fingerprint density at radius 2 is 1.33 bits per heavy atom. The Balaban J connectivity index is 0.000000511. The van der Waals surface area contributed by atoms with Crippen molar-refractivity contribution in [1.82, 2.24) is 15.0 Å². The number of nitrogens with one attached hydrogen (secondary N) is 1. The Labute approximate surface area is 217 Å². The van der Waals surface area contributed by atoms with Crippen LogP contribution in [0.15, 0.2) is 59.5 Å². The third kappa shape index (κ3) is 10.9. The molecule has 3 aromatic heterocycles. The third-order valence-corrected chi connectivity index (χ3v) is 4.09. The second kappa shape index (κ2) is 15.8. The monoisotopic (exact) mass is 588 g/mol. The summed E-state index contributed by atoms with van der Waals surface area (Å²) in [5, 5.41) is 39.5. The summed E-state index contributed by atoms with van der Waals surface area (Å²) in [4.78, 5) is 40.3. The van der Waals surface area contributed by atoms with Gasteiger partial charge in [-0.1, -0.05) is 0 Å². The van der Waals surface area contributed by atoms with E-state index in [1.54, 1.807) is 6.07 Å². The first-order valence-electron chi connectivity index (χ1n) is 9.11. The molecule has 20 heteroatoms. The van der Waals surface area contributed by atoms with Crippen LogP contribution in [0.1, 0.15) is 0 Å². The lowest BCUT2D eigenvalue weighted by molar-refractivity contribution is -0.389. The highest BCUT2D eigenvalue weighted by Gasteiger charge is 2.15. The van der Waals surface area contributed by atoms with Crippen LogP contribution in [-0.4, -0.2) is 41.8 Å². The minimum Gasteiger partial charge on any atom is -0.432 e. The topological polar surface area (TPSA) is 256 Å². The van der Waals surface area contributed by atoms with E-state index in [-0.39, 0.29) is 29.9 Å². The van der Waals surface area contributed by atoms with Crippen LogP contribution in [0.3, 0.4) is 0 Å². The number of nitrogens with zero attached hydrogens (tertiary/aromatic N) is 7. The Kier molecular flexibility index (Phi) is 14.0. The molecule has 0 bridgehead atoms. The van der Waals surface area contributed by atoms with Crippen LogP contribution in [0.5, 0.6) is 0 Å². The zero-order valence-electron chi connectivity index (χ0n) is 18.2. The van der Waals surface area contributed by atoms with Crippen LogP contribution in [0.25, 0.3) is 0 Å². The SMILES string of the molecule is CB(O)N(N)c1ccc([N+](=O)[O-])nc1.Cl.NNc1ccc([N+](=O)[O-])nc1.O=[N+]([O-])c1ccc(Br)cn1. The number of aromatic nitrogens is 3. The molecular weight excluding hydrogens is 570 g/mol. The number of hydrogen-bond donors (Lipinski definition) is 4. The van der Waals surface area contributed by atoms with E-state index >= 15 is 0 Å². The van der Waals surface area contributed by atoms with Gasteiger partial charge in [0.25, 0.3) is 0 Å². The molecule has 0 aromatic carbocycles. The van der Waals surface area contributed by atoms with E-state index < -0.39 is 21.8 Å². The maximum Gasteiger partial charge on any atom is 0.424 e. The number of anilines is 2. The van der Waals surface area contributed by atoms with Crippen molar-refractivity contribution in [3.63, 3.8) is 0 Å². The molecule has 0 aliphatic rings. The second-order valence-corrected chi connectivity index (χ2v) is 6.98. The van der Waals surface area contributed by atoms with Crippen LogP contribution in [0.4, 0.5) is 28.8 Å². The van der Waals surface area contributed by atoms with Crippen LogP contribution in [0.2, 0.25) is 6.82 Å². The van der Waals surface area contributed by atoms with E-state index in [4.69, 9.17) is 16.7 Å². The van der Waals surface area contributed by atoms with Crippen LogP contribution >= 0.6 is 28.3 Å². The minimum absolute atomic E-state index is 0. The van der Waals surface area contributed by atoms with Crippen molar-refractivity contribution in [2.75, 3.05) is 10.3 Å². The smallest absolute Gasteiger partial charge is 0.424 e. The van der Waals surface area contributed by atoms with Crippen LogP contribution in [0, 0.1) is 30.3 Å². The van der Waals surface area contributed by atoms with E-state index in [1.807, 2.05) is 0 Å². The number of pyridine rings is 3. The molecule has 36 heavy (non-hydrogen) atoms. The molecule has 0 unspecified atom stereocenters. The summed E-state index contributed by atoms with van der Waals surface area (Å²) in [6.45, 7) is 1.47. The number of rotatable bonds is 6. The average Bonchev–Trinajstić information content (AvgIpc) is 2.84. The highest BCUT2D eigenvalue weighted by atomic mass is 79.9. The Morgan fingerprint density at radius 1 is 0.889 bits per heavy atom. The highest BCUT2D eigenvalue weighted by Crippen LogP contribution is 2.14. The molecule has 3 aromatic rings. The van der Waals surface area contributed by atoms with Gasteiger partial charge in [-0.05, 0) is 70.7 Å². The zero-order chi connectivity index (χ0) is 26.5. The van der Waals surface area contributed by atoms with Crippen molar-refractivity contribution >= 4 is 64.2 Å². The second-order valence-electron chi connectivity index (χ2n) is 6.07. The molecule has 0 aliphatic heterocycles. The number of hydrogen-bond acceptors (Lipinski definition) is 14. The van der Waals surface area contributed by atoms with Crippen molar-refractivity contribution in [1.29, 1.82) is 0 Å². The van der Waals surface area contributed by atoms with E-state index in [9.17, 15) is 30.3 Å². The highest BCUT2D eigenvalue weighted by molar-refractivity contribution is 9.10. The summed E-state index contributed by atoms with van der Waals surface area (Å²) in [6.07, 6.45) is 3.90. The maximum atomic E-state index is 10.3. The standard InChI is InChI=1S/C6H9BN4O3.C5H3BrN2O2.C5H6N4O2.ClH/c1-7(12)10(8)5-2-3-6(9-4-5)11(13)14;6-4-1-2-5(7-3-4)8(9)10;6-8-4-1-2-5(7-3-4)9(10)11;/h2-4,12H,8H2,1H3;1-3H;1-3,8H,6H2;1H. The summed E-state index contributed by atoms with van der Waals surface area (Å²) in [5.74, 6) is 9.87. The fourth-order valence-corrected chi connectivity index (χ4v) is 2.14. The van der Waals surface area contributed by atoms with Crippen molar-refractivity contribution < 1.29 is 19.8 Å². The van der Waals surface area contributed by atoms with Gasteiger partial charge in [0.15, 0.2) is 18.6 Å². The minimum atomic E-state index is -0.877. The van der Waals surface area contributed by atoms with Crippen molar-refractivity contribution in [2.45, 2.75) is 6.82 Å². The van der Waals surface area contributed by atoms with Crippen molar-refractivity contribution in [3.8, 4) is 0 Å². The predicted molar refractivity (Wildman–Crippen MR) is 136 cm³/mol. The fourth-order valence-electron chi connectivity index (χ4n) is 1.91. The Bertz CT molecular complexity index is 1130. The van der Waals surface area contributed by atoms with Gasteiger partial charge in [-0.15, -0.1) is 12.4 Å². The summed E-state index contributed by atoms with van der Waals surface area (Å²) >= 11 is 3.11. The van der Waals surface area contributed by atoms with Crippen LogP contribution in [-0.2, 0) is 0 Å². The molecule has 0 spiro atoms. The van der Waals surface area contributed by atoms with Gasteiger partial charge in [-0.3, -0.25) is 11.7 Å². The quantitative estimate of drug-likeness (QED) is 0.139. The largest absolute Gasteiger partial charge is 0.432 e. The lowest BCUT2D eigenvalue weighted by Crippen LogP contribution is -2.43. The molecule has 3 heterocycles. The average molecular weight is 590 g/mol. The van der Waals surface area contributed by atoms with Crippen LogP contribution < -0.4 is 22.0 Å². The molecule has 0 amide bonds. The number of nitrogens with two attached hydrogens (primary N) is 2. The molecule has 0 atom stereocenters. The number of hydrazine groups is 2. The summed E-state index contributed by atoms with van der Waals surface area (Å²) in [5.41, 5.74) is 3.25. The van der Waals surface area contributed by atoms with Crippen molar-refractivity contribution in [3.05, 3.63) is 89.8 Å². The molecule has 0 saturated heterocycles. The number of halogens is 2. The maximum absolute atomic E-state index is 10.3. The number of nitrogen functional groups attached to an aromatic ring is 1. The molecule has 6 N–H and O–H groups in total. The Morgan fingerprint density at radius 3 is 1.64 bits per heavy atom. The van der Waals surface area contributed by atoms with E-state index in [0.717, 1.165) is 9.39 Å². The van der Waals surface area contributed by atoms with E-state index in [2.05, 4.69) is 36.3 Å². The summed E-state index contributed by atoms with van der Waals surface area (Å²) in [6, 6.07) is 8.30. The van der Waals surface area contributed by atoms with E-state index in [1.165, 1.54) is 55.7 Å². The first kappa shape index (κ1) is 32.0. The molecule has 17 nitrogen and oxygen atoms in total. The Hall–Kier alpha value is -4.04. The molecule has 0 fully saturated rings. The molecule has 0 saturated carbocycles. The molecular formula is C16H19BBrClN10O7. The molecule has 0 aliphatic carbocycles. The molecule has 0 radical (unpaired) electrons. The lowest BCUT2D eigenvalue weighted by atomic mass is 9.87. The van der Waals surface area contributed by atoms with Gasteiger partial charge in [-0.2, -0.15) is 0 Å². The number of nitro groups is 3. The lowest BCUT2D eigenvalue weighted by Gasteiger charge is -2.16. The first-order valence-corrected chi connectivity index (χ1v) is 9.91. The molecule has 3 rings (SSSR count). The van der Waals surface area contributed by atoms with Gasteiger partial charge in [0.1, 0.15) is 0 Å². The zero-order valence-corrected chi connectivity index (χ0v) is 20.6. The van der Waals surface area contributed by atoms with Gasteiger partial charge < -0.3 is 45.7 Å². The third-order valence-electron chi connectivity index (χ3n) is 3.62. The fraction of sp³-hybridized carbons (Fsp3) is 0.0625. The predicted octanol–water partition coefficient (Wildman–Crippen LogP) is 2.23. The van der Waals surface area contributed by atoms with Gasteiger partial charge in [0, 0.05) is 18.2 Å². The van der Waals surface area contributed by atoms with Gasteiger partial charge in [0.05, 0.1) is 15.8 Å².